The van der Waals surface area contributed by atoms with Gasteiger partial charge in [0.05, 0.1) is 30.1 Å². The highest BCUT2D eigenvalue weighted by Crippen LogP contribution is 2.35. The van der Waals surface area contributed by atoms with Crippen LogP contribution >= 0.6 is 0 Å². The van der Waals surface area contributed by atoms with Crippen LogP contribution in [0.3, 0.4) is 0 Å². The molecule has 3 amide bonds. The minimum absolute atomic E-state index is 0.109. The topological polar surface area (TPSA) is 105 Å². The molecular formula is C25H30N4O4. The number of ether oxygens (including phenoxy) is 1. The van der Waals surface area contributed by atoms with Crippen molar-refractivity contribution in [3.05, 3.63) is 47.5 Å². The van der Waals surface area contributed by atoms with E-state index in [9.17, 15) is 14.4 Å². The number of methoxy groups -OCH3 is 1. The lowest BCUT2D eigenvalue weighted by Crippen LogP contribution is -2.32. The molecule has 4 rings (SSSR count). The number of aryl methyl sites for hydroxylation is 1. The first-order valence-electron chi connectivity index (χ1n) is 11.3. The third-order valence-electron chi connectivity index (χ3n) is 6.36. The van der Waals surface area contributed by atoms with Crippen molar-refractivity contribution in [2.75, 3.05) is 41.9 Å². The molecule has 2 fully saturated rings. The second kappa shape index (κ2) is 9.52. The fourth-order valence-corrected chi connectivity index (χ4v) is 4.56. The fraction of sp³-hybridized carbons (Fsp3) is 0.400. The molecule has 0 bridgehead atoms. The van der Waals surface area contributed by atoms with Gasteiger partial charge in [0.15, 0.2) is 0 Å². The van der Waals surface area contributed by atoms with E-state index in [4.69, 9.17) is 10.5 Å². The number of rotatable bonds is 6. The zero-order valence-electron chi connectivity index (χ0n) is 19.1. The van der Waals surface area contributed by atoms with Crippen LogP contribution in [0.2, 0.25) is 0 Å². The van der Waals surface area contributed by atoms with Crippen molar-refractivity contribution in [1.82, 2.24) is 0 Å². The molecule has 8 heteroatoms. The van der Waals surface area contributed by atoms with Gasteiger partial charge in [-0.1, -0.05) is 6.07 Å². The maximum atomic E-state index is 13.2. The van der Waals surface area contributed by atoms with Gasteiger partial charge in [0.1, 0.15) is 5.75 Å². The smallest absolute Gasteiger partial charge is 0.248 e. The second-order valence-electron chi connectivity index (χ2n) is 8.71. The van der Waals surface area contributed by atoms with Crippen LogP contribution in [0.1, 0.15) is 41.6 Å². The van der Waals surface area contributed by atoms with Gasteiger partial charge in [-0.05, 0) is 62.1 Å². The summed E-state index contributed by atoms with van der Waals surface area (Å²) in [6.07, 6.45) is 3.45. The highest BCUT2D eigenvalue weighted by atomic mass is 16.5. The Morgan fingerprint density at radius 3 is 2.52 bits per heavy atom. The van der Waals surface area contributed by atoms with Crippen LogP contribution in [0, 0.1) is 12.8 Å². The molecule has 0 radical (unpaired) electrons. The maximum Gasteiger partial charge on any atom is 0.248 e. The zero-order chi connectivity index (χ0) is 23.5. The molecule has 0 spiro atoms. The first-order valence-corrected chi connectivity index (χ1v) is 11.3. The van der Waals surface area contributed by atoms with Crippen LogP contribution in [0.25, 0.3) is 0 Å². The van der Waals surface area contributed by atoms with E-state index in [-0.39, 0.29) is 24.8 Å². The van der Waals surface area contributed by atoms with Crippen molar-refractivity contribution in [2.24, 2.45) is 11.7 Å². The molecule has 2 heterocycles. The van der Waals surface area contributed by atoms with E-state index in [2.05, 4.69) is 10.2 Å². The number of nitrogens with two attached hydrogens (primary N) is 1. The summed E-state index contributed by atoms with van der Waals surface area (Å²) in [5, 5.41) is 2.98. The van der Waals surface area contributed by atoms with Gasteiger partial charge in [-0.3, -0.25) is 14.4 Å². The average Bonchev–Trinajstić information content (AvgIpc) is 3.21. The van der Waals surface area contributed by atoms with Crippen LogP contribution in [-0.2, 0) is 9.59 Å². The maximum absolute atomic E-state index is 13.2. The molecule has 8 nitrogen and oxygen atoms in total. The van der Waals surface area contributed by atoms with Gasteiger partial charge in [0, 0.05) is 31.6 Å². The molecule has 3 N–H and O–H groups in total. The van der Waals surface area contributed by atoms with Gasteiger partial charge in [-0.25, -0.2) is 0 Å². The van der Waals surface area contributed by atoms with E-state index in [0.717, 1.165) is 37.2 Å². The molecule has 0 saturated carbocycles. The monoisotopic (exact) mass is 450 g/mol. The number of carbonyl (C=O) groups is 3. The summed E-state index contributed by atoms with van der Waals surface area (Å²) in [6.45, 7) is 3.99. The van der Waals surface area contributed by atoms with E-state index in [1.807, 2.05) is 31.2 Å². The number of nitrogens with zero attached hydrogens (tertiary/aromatic N) is 2. The van der Waals surface area contributed by atoms with Crippen molar-refractivity contribution in [3.8, 4) is 5.75 Å². The normalized spacial score (nSPS) is 18.4. The fourth-order valence-electron chi connectivity index (χ4n) is 4.56. The van der Waals surface area contributed by atoms with Gasteiger partial charge in [0.2, 0.25) is 17.7 Å². The number of anilines is 3. The molecule has 2 aromatic rings. The van der Waals surface area contributed by atoms with Crippen molar-refractivity contribution in [1.29, 1.82) is 0 Å². The summed E-state index contributed by atoms with van der Waals surface area (Å²) in [7, 11) is 1.56. The predicted molar refractivity (Wildman–Crippen MR) is 128 cm³/mol. The van der Waals surface area contributed by atoms with Crippen molar-refractivity contribution >= 4 is 34.8 Å². The molecule has 174 valence electrons. The molecule has 1 unspecified atom stereocenters. The van der Waals surface area contributed by atoms with Crippen LogP contribution in [-0.4, -0.2) is 44.5 Å². The first kappa shape index (κ1) is 22.6. The molecular weight excluding hydrogens is 420 g/mol. The van der Waals surface area contributed by atoms with Crippen LogP contribution < -0.4 is 25.6 Å². The van der Waals surface area contributed by atoms with Crippen molar-refractivity contribution in [3.63, 3.8) is 0 Å². The summed E-state index contributed by atoms with van der Waals surface area (Å²) in [5.74, 6) is -0.853. The van der Waals surface area contributed by atoms with E-state index >= 15 is 0 Å². The number of amides is 3. The Balaban J connectivity index is 1.56. The summed E-state index contributed by atoms with van der Waals surface area (Å²) in [6, 6.07) is 10.8. The number of benzene rings is 2. The van der Waals surface area contributed by atoms with Crippen LogP contribution in [0.15, 0.2) is 36.4 Å². The number of piperidine rings is 1. The van der Waals surface area contributed by atoms with Crippen LogP contribution in [0.5, 0.6) is 5.75 Å². The highest BCUT2D eigenvalue weighted by molar-refractivity contribution is 6.06. The molecule has 2 aliphatic heterocycles. The lowest BCUT2D eigenvalue weighted by atomic mass is 10.1. The summed E-state index contributed by atoms with van der Waals surface area (Å²) in [4.78, 5) is 41.6. The van der Waals surface area contributed by atoms with Gasteiger partial charge in [0.25, 0.3) is 0 Å². The van der Waals surface area contributed by atoms with E-state index in [1.54, 1.807) is 24.1 Å². The lowest BCUT2D eigenvalue weighted by molar-refractivity contribution is -0.122. The standard InChI is InChI=1S/C25H30N4O4/c1-16-6-9-22(33-2)21(12-16)29-15-18(14-23(29)30)25(32)27-19-13-17(24(26)31)7-8-20(19)28-10-4-3-5-11-28/h6-9,12-13,18H,3-5,10-11,14-15H2,1-2H3,(H2,26,31)(H,27,32). The van der Waals surface area contributed by atoms with Gasteiger partial charge in [-0.2, -0.15) is 0 Å². The Labute approximate surface area is 193 Å². The van der Waals surface area contributed by atoms with Crippen molar-refractivity contribution < 1.29 is 19.1 Å². The summed E-state index contributed by atoms with van der Waals surface area (Å²) < 4.78 is 5.43. The number of carbonyl (C=O) groups excluding carboxylic acids is 3. The zero-order valence-corrected chi connectivity index (χ0v) is 19.1. The quantitative estimate of drug-likeness (QED) is 0.704. The van der Waals surface area contributed by atoms with Crippen molar-refractivity contribution in [2.45, 2.75) is 32.6 Å². The minimum Gasteiger partial charge on any atom is -0.495 e. The Hall–Kier alpha value is -3.55. The molecule has 2 aromatic carbocycles. The third kappa shape index (κ3) is 4.79. The Bertz CT molecular complexity index is 1080. The van der Waals surface area contributed by atoms with E-state index in [1.165, 1.54) is 6.42 Å². The molecule has 2 aliphatic rings. The predicted octanol–water partition coefficient (Wildman–Crippen LogP) is 3.08. The van der Waals surface area contributed by atoms with Crippen LogP contribution in [0.4, 0.5) is 17.1 Å². The van der Waals surface area contributed by atoms with Gasteiger partial charge in [-0.15, -0.1) is 0 Å². The summed E-state index contributed by atoms with van der Waals surface area (Å²) in [5.41, 5.74) is 8.90. The Kier molecular flexibility index (Phi) is 6.53. The number of nitrogens with one attached hydrogen (secondary N) is 1. The molecule has 2 saturated heterocycles. The average molecular weight is 451 g/mol. The SMILES string of the molecule is COc1ccc(C)cc1N1CC(C(=O)Nc2cc(C(N)=O)ccc2N2CCCCC2)CC1=O. The molecule has 0 aromatic heterocycles. The second-order valence-corrected chi connectivity index (χ2v) is 8.71. The van der Waals surface area contributed by atoms with Gasteiger partial charge >= 0.3 is 0 Å². The first-order chi connectivity index (χ1) is 15.9. The molecule has 0 aliphatic carbocycles. The van der Waals surface area contributed by atoms with Gasteiger partial charge < -0.3 is 25.6 Å². The lowest BCUT2D eigenvalue weighted by Gasteiger charge is -2.31. The summed E-state index contributed by atoms with van der Waals surface area (Å²) >= 11 is 0. The van der Waals surface area contributed by atoms with E-state index in [0.29, 0.717) is 22.7 Å². The minimum atomic E-state index is -0.551. The highest BCUT2D eigenvalue weighted by Gasteiger charge is 2.36. The molecule has 1 atom stereocenters. The largest absolute Gasteiger partial charge is 0.495 e. The number of hydrogen-bond donors (Lipinski definition) is 2. The molecule has 33 heavy (non-hydrogen) atoms. The number of primary amides is 1. The Morgan fingerprint density at radius 2 is 1.82 bits per heavy atom. The number of hydrogen-bond acceptors (Lipinski definition) is 5. The van der Waals surface area contributed by atoms with E-state index < -0.39 is 11.8 Å². The Morgan fingerprint density at radius 1 is 1.06 bits per heavy atom. The third-order valence-corrected chi connectivity index (χ3v) is 6.36.